The Morgan fingerprint density at radius 1 is 1.14 bits per heavy atom. The Morgan fingerprint density at radius 3 is 2.72 bits per heavy atom. The van der Waals surface area contributed by atoms with Crippen molar-refractivity contribution in [3.8, 4) is 17.5 Å². The predicted molar refractivity (Wildman–Crippen MR) is 134 cm³/mol. The minimum absolute atomic E-state index is 0.0312. The molecule has 3 heterocycles. The Bertz CT molecular complexity index is 1760. The van der Waals surface area contributed by atoms with Crippen LogP contribution in [0.4, 0.5) is 5.82 Å². The lowest BCUT2D eigenvalue weighted by Gasteiger charge is -2.20. The van der Waals surface area contributed by atoms with Gasteiger partial charge in [-0.2, -0.15) is 0 Å². The normalized spacial score (nSPS) is 11.6. The van der Waals surface area contributed by atoms with E-state index in [-0.39, 0.29) is 22.3 Å². The largest absolute Gasteiger partial charge is 0.381 e. The summed E-state index contributed by atoms with van der Waals surface area (Å²) in [5, 5.41) is 7.28. The zero-order valence-corrected chi connectivity index (χ0v) is 19.0. The van der Waals surface area contributed by atoms with Crippen molar-refractivity contribution in [2.45, 2.75) is 13.0 Å². The first-order chi connectivity index (χ1) is 17.5. The molecule has 36 heavy (non-hydrogen) atoms. The predicted octanol–water partition coefficient (Wildman–Crippen LogP) is 2.05. The van der Waals surface area contributed by atoms with Crippen LogP contribution in [0.1, 0.15) is 34.7 Å². The van der Waals surface area contributed by atoms with Gasteiger partial charge in [-0.3, -0.25) is 19.0 Å². The number of hydrogen-bond acceptors (Lipinski definition) is 7. The monoisotopic (exact) mass is 477 g/mol. The zero-order valence-electron chi connectivity index (χ0n) is 19.0. The van der Waals surface area contributed by atoms with Crippen molar-refractivity contribution in [2.24, 2.45) is 0 Å². The maximum atomic E-state index is 13.8. The van der Waals surface area contributed by atoms with Gasteiger partial charge < -0.3 is 11.1 Å². The van der Waals surface area contributed by atoms with E-state index in [1.807, 2.05) is 6.07 Å². The van der Waals surface area contributed by atoms with Crippen molar-refractivity contribution in [3.05, 3.63) is 94.3 Å². The molecule has 2 aromatic carbocycles. The fraction of sp³-hybridized carbons (Fsp3) is 0.0769. The molecule has 10 heteroatoms. The molecule has 0 fully saturated rings. The highest BCUT2D eigenvalue weighted by molar-refractivity contribution is 6.04. The van der Waals surface area contributed by atoms with E-state index in [1.165, 1.54) is 9.08 Å². The van der Waals surface area contributed by atoms with Crippen LogP contribution in [0.15, 0.2) is 71.8 Å². The highest BCUT2D eigenvalue weighted by Gasteiger charge is 2.24. The first-order valence-corrected chi connectivity index (χ1v) is 11.0. The van der Waals surface area contributed by atoms with Crippen molar-refractivity contribution in [2.75, 3.05) is 5.73 Å². The van der Waals surface area contributed by atoms with Crippen molar-refractivity contribution in [3.63, 3.8) is 0 Å². The van der Waals surface area contributed by atoms with Gasteiger partial charge in [-0.25, -0.2) is 14.5 Å². The third kappa shape index (κ3) is 3.84. The molecule has 0 aliphatic carbocycles. The van der Waals surface area contributed by atoms with Crippen LogP contribution in [0.5, 0.6) is 0 Å². The van der Waals surface area contributed by atoms with E-state index in [0.717, 1.165) is 0 Å². The summed E-state index contributed by atoms with van der Waals surface area (Å²) < 4.78 is 2.85. The lowest BCUT2D eigenvalue weighted by molar-refractivity contribution is -0.103. The van der Waals surface area contributed by atoms with Crippen molar-refractivity contribution < 1.29 is 9.59 Å². The Balaban J connectivity index is 1.66. The number of hydrogen-bond donors (Lipinski definition) is 2. The minimum Gasteiger partial charge on any atom is -0.381 e. The van der Waals surface area contributed by atoms with Crippen LogP contribution in [-0.4, -0.2) is 36.3 Å². The number of carbonyl (C=O) groups is 2. The summed E-state index contributed by atoms with van der Waals surface area (Å²) in [6, 6.07) is 15.0. The number of nitrogens with one attached hydrogen (secondary N) is 1. The molecule has 1 unspecified atom stereocenters. The fourth-order valence-corrected chi connectivity index (χ4v) is 4.03. The fourth-order valence-electron chi connectivity index (χ4n) is 4.03. The van der Waals surface area contributed by atoms with Gasteiger partial charge in [0.2, 0.25) is 0 Å². The number of anilines is 1. The van der Waals surface area contributed by atoms with Gasteiger partial charge in [0.25, 0.3) is 11.5 Å². The van der Waals surface area contributed by atoms with Gasteiger partial charge in [-0.05, 0) is 43.2 Å². The van der Waals surface area contributed by atoms with E-state index < -0.39 is 11.9 Å². The number of nitrogens with zero attached hydrogens (tertiary/aromatic N) is 5. The first kappa shape index (κ1) is 22.5. The lowest BCUT2D eigenvalue weighted by atomic mass is 10.1. The lowest BCUT2D eigenvalue weighted by Crippen LogP contribution is -2.33. The van der Waals surface area contributed by atoms with Gasteiger partial charge >= 0.3 is 0 Å². The highest BCUT2D eigenvalue weighted by Crippen LogP contribution is 2.22. The van der Waals surface area contributed by atoms with Gasteiger partial charge in [0.15, 0.2) is 17.8 Å². The van der Waals surface area contributed by atoms with E-state index in [0.29, 0.717) is 34.5 Å². The average Bonchev–Trinajstić information content (AvgIpc) is 3.23. The summed E-state index contributed by atoms with van der Waals surface area (Å²) in [6.45, 7) is 1.72. The smallest absolute Gasteiger partial charge is 0.267 e. The molecule has 1 amide bonds. The van der Waals surface area contributed by atoms with Crippen molar-refractivity contribution in [1.29, 1.82) is 0 Å². The molecule has 0 aliphatic rings. The number of aromatic nitrogens is 5. The molecular weight excluding hydrogens is 458 g/mol. The summed E-state index contributed by atoms with van der Waals surface area (Å²) >= 11 is 0. The number of fused-ring (bicyclic) bond motifs is 2. The second kappa shape index (κ2) is 9.15. The molecule has 10 nitrogen and oxygen atoms in total. The number of nitrogen functional groups attached to an aromatic ring is 1. The molecule has 0 saturated heterocycles. The molecule has 1 atom stereocenters. The molecule has 0 saturated carbocycles. The van der Waals surface area contributed by atoms with Crippen LogP contribution in [0.2, 0.25) is 0 Å². The zero-order chi connectivity index (χ0) is 25.2. The molecule has 3 aromatic heterocycles. The highest BCUT2D eigenvalue weighted by atomic mass is 16.2. The van der Waals surface area contributed by atoms with Crippen LogP contribution in [0, 0.1) is 11.8 Å². The number of nitrogens with two attached hydrogens (primary N) is 1. The molecular formula is C26H19N7O3. The summed E-state index contributed by atoms with van der Waals surface area (Å²) in [4.78, 5) is 46.8. The first-order valence-electron chi connectivity index (χ1n) is 11.0. The van der Waals surface area contributed by atoms with Crippen LogP contribution < -0.4 is 16.6 Å². The van der Waals surface area contributed by atoms with Crippen LogP contribution in [0.3, 0.4) is 0 Å². The SMILES string of the molecule is CC(NC(=O)c1c(N)nn2cccnc12)c1nc2cccc(C#CC=O)c2c(=O)n1-c1ccccc1. The summed E-state index contributed by atoms with van der Waals surface area (Å²) in [6.07, 6.45) is 3.65. The third-order valence-electron chi connectivity index (χ3n) is 5.59. The van der Waals surface area contributed by atoms with Gasteiger partial charge in [0.1, 0.15) is 11.4 Å². The quantitative estimate of drug-likeness (QED) is 0.298. The average molecular weight is 477 g/mol. The van der Waals surface area contributed by atoms with Crippen LogP contribution >= 0.6 is 0 Å². The van der Waals surface area contributed by atoms with E-state index in [1.54, 1.807) is 67.8 Å². The van der Waals surface area contributed by atoms with E-state index >= 15 is 0 Å². The summed E-state index contributed by atoms with van der Waals surface area (Å²) in [7, 11) is 0. The number of para-hydroxylation sites is 1. The standard InChI is InChI=1S/C26H19N7O3/c1-16(29-25(35)21-22(27)31-32-14-7-13-28-24(21)32)23-30-19-12-5-8-17(9-6-15-34)20(19)26(36)33(23)18-10-3-2-4-11-18/h2-5,7-8,10-16H,1H3,(H2,27,31)(H,29,35). The maximum Gasteiger partial charge on any atom is 0.267 e. The molecule has 0 aliphatic heterocycles. The second-order valence-electron chi connectivity index (χ2n) is 7.88. The Hall–Kier alpha value is -5.30. The molecule has 0 spiro atoms. The molecule has 5 aromatic rings. The molecule has 176 valence electrons. The minimum atomic E-state index is -0.711. The van der Waals surface area contributed by atoms with Gasteiger partial charge in [0.05, 0.1) is 22.6 Å². The second-order valence-corrected chi connectivity index (χ2v) is 7.88. The molecule has 3 N–H and O–H groups in total. The number of aldehydes is 1. The van der Waals surface area contributed by atoms with Crippen molar-refractivity contribution >= 4 is 34.6 Å². The Kier molecular flexibility index (Phi) is 5.72. The topological polar surface area (TPSA) is 137 Å². The van der Waals surface area contributed by atoms with Crippen LogP contribution in [-0.2, 0) is 4.79 Å². The number of rotatable bonds is 4. The third-order valence-corrected chi connectivity index (χ3v) is 5.59. The molecule has 0 bridgehead atoms. The summed E-state index contributed by atoms with van der Waals surface area (Å²) in [5.41, 5.74) is 7.39. The Morgan fingerprint density at radius 2 is 1.94 bits per heavy atom. The van der Waals surface area contributed by atoms with E-state index in [2.05, 4.69) is 27.2 Å². The summed E-state index contributed by atoms with van der Waals surface area (Å²) in [5.74, 6) is 4.89. The number of carbonyl (C=O) groups excluding carboxylic acids is 2. The van der Waals surface area contributed by atoms with Crippen molar-refractivity contribution in [1.82, 2.24) is 29.5 Å². The van der Waals surface area contributed by atoms with E-state index in [9.17, 15) is 14.4 Å². The van der Waals surface area contributed by atoms with Gasteiger partial charge in [-0.1, -0.05) is 30.2 Å². The van der Waals surface area contributed by atoms with Crippen LogP contribution in [0.25, 0.3) is 22.2 Å². The van der Waals surface area contributed by atoms with Gasteiger partial charge in [-0.15, -0.1) is 5.10 Å². The number of amides is 1. The molecule has 5 rings (SSSR count). The maximum absolute atomic E-state index is 13.8. The Labute approximate surface area is 204 Å². The van der Waals surface area contributed by atoms with Gasteiger partial charge in [0, 0.05) is 18.0 Å². The molecule has 0 radical (unpaired) electrons. The number of benzene rings is 2. The van der Waals surface area contributed by atoms with E-state index in [4.69, 9.17) is 10.7 Å².